The second-order valence-corrected chi connectivity index (χ2v) is 7.04. The van der Waals surface area contributed by atoms with E-state index >= 15 is 0 Å². The molecule has 2 aromatic carbocycles. The van der Waals surface area contributed by atoms with Crippen LogP contribution in [-0.2, 0) is 10.5 Å². The molecule has 1 amide bonds. The number of halogens is 1. The number of para-hydroxylation sites is 1. The molecule has 0 unspecified atom stereocenters. The Morgan fingerprint density at radius 2 is 2.04 bits per heavy atom. The molecule has 0 aliphatic carbocycles. The number of hydrogen-bond donors (Lipinski definition) is 1. The summed E-state index contributed by atoms with van der Waals surface area (Å²) in [6, 6.07) is 15.5. The van der Waals surface area contributed by atoms with Crippen LogP contribution in [0.4, 0.5) is 0 Å². The molecular formula is C19H22ClNO2S. The predicted molar refractivity (Wildman–Crippen MR) is 102 cm³/mol. The van der Waals surface area contributed by atoms with Crippen LogP contribution in [0.2, 0.25) is 5.02 Å². The van der Waals surface area contributed by atoms with Crippen molar-refractivity contribution in [2.75, 3.05) is 12.3 Å². The van der Waals surface area contributed by atoms with Gasteiger partial charge >= 0.3 is 0 Å². The molecule has 128 valence electrons. The van der Waals surface area contributed by atoms with E-state index in [0.717, 1.165) is 27.8 Å². The lowest BCUT2D eigenvalue weighted by Crippen LogP contribution is -2.37. The van der Waals surface area contributed by atoms with Crippen LogP contribution in [0.25, 0.3) is 0 Å². The molecule has 0 aliphatic heterocycles. The highest BCUT2D eigenvalue weighted by molar-refractivity contribution is 7.98. The Hall–Kier alpha value is -1.65. The van der Waals surface area contributed by atoms with Crippen molar-refractivity contribution in [3.05, 3.63) is 64.7 Å². The van der Waals surface area contributed by atoms with Crippen LogP contribution in [0.1, 0.15) is 18.1 Å². The third-order valence-corrected chi connectivity index (χ3v) is 4.74. The Bertz CT molecular complexity index is 678. The largest absolute Gasteiger partial charge is 0.481 e. The van der Waals surface area contributed by atoms with E-state index in [2.05, 4.69) is 11.4 Å². The minimum absolute atomic E-state index is 0.0957. The summed E-state index contributed by atoms with van der Waals surface area (Å²) in [6.45, 7) is 4.35. The predicted octanol–water partition coefficient (Wildman–Crippen LogP) is 4.47. The van der Waals surface area contributed by atoms with Crippen molar-refractivity contribution in [2.45, 2.75) is 25.7 Å². The number of amides is 1. The fourth-order valence-electron chi connectivity index (χ4n) is 2.14. The Morgan fingerprint density at radius 3 is 2.79 bits per heavy atom. The molecule has 0 bridgehead atoms. The highest BCUT2D eigenvalue weighted by atomic mass is 35.5. The summed E-state index contributed by atoms with van der Waals surface area (Å²) in [7, 11) is 0. The van der Waals surface area contributed by atoms with Crippen LogP contribution in [-0.4, -0.2) is 24.3 Å². The monoisotopic (exact) mass is 363 g/mol. The van der Waals surface area contributed by atoms with Crippen molar-refractivity contribution >= 4 is 29.3 Å². The van der Waals surface area contributed by atoms with E-state index < -0.39 is 6.10 Å². The minimum atomic E-state index is -0.510. The molecule has 1 atom stereocenters. The van der Waals surface area contributed by atoms with Gasteiger partial charge in [0.2, 0.25) is 0 Å². The van der Waals surface area contributed by atoms with Crippen LogP contribution < -0.4 is 10.1 Å². The van der Waals surface area contributed by atoms with Gasteiger partial charge in [0.25, 0.3) is 5.91 Å². The van der Waals surface area contributed by atoms with Gasteiger partial charge in [-0.05, 0) is 43.2 Å². The maximum atomic E-state index is 12.1. The van der Waals surface area contributed by atoms with Crippen molar-refractivity contribution in [3.63, 3.8) is 0 Å². The van der Waals surface area contributed by atoms with Gasteiger partial charge in [-0.2, -0.15) is 11.8 Å². The number of aryl methyl sites for hydroxylation is 1. The van der Waals surface area contributed by atoms with Gasteiger partial charge < -0.3 is 10.1 Å². The van der Waals surface area contributed by atoms with Gasteiger partial charge in [0.05, 0.1) is 0 Å². The quantitative estimate of drug-likeness (QED) is 0.703. The van der Waals surface area contributed by atoms with Crippen LogP contribution in [0.15, 0.2) is 48.5 Å². The summed E-state index contributed by atoms with van der Waals surface area (Å²) in [5, 5.41) is 3.66. The lowest BCUT2D eigenvalue weighted by atomic mass is 10.2. The number of carbonyl (C=O) groups is 1. The molecule has 3 nitrogen and oxygen atoms in total. The number of carbonyl (C=O) groups excluding carboxylic acids is 1. The lowest BCUT2D eigenvalue weighted by Gasteiger charge is -2.16. The Balaban J connectivity index is 1.66. The second-order valence-electron chi connectivity index (χ2n) is 5.50. The van der Waals surface area contributed by atoms with Crippen LogP contribution in [0.3, 0.4) is 0 Å². The summed E-state index contributed by atoms with van der Waals surface area (Å²) in [5.74, 6) is 2.37. The molecule has 1 N–H and O–H groups in total. The van der Waals surface area contributed by atoms with Gasteiger partial charge in [0.1, 0.15) is 5.75 Å². The maximum Gasteiger partial charge on any atom is 0.260 e. The van der Waals surface area contributed by atoms with Gasteiger partial charge in [-0.1, -0.05) is 41.9 Å². The molecule has 0 radical (unpaired) electrons. The van der Waals surface area contributed by atoms with E-state index in [1.807, 2.05) is 49.4 Å². The van der Waals surface area contributed by atoms with Crippen molar-refractivity contribution in [3.8, 4) is 5.75 Å². The fourth-order valence-corrected chi connectivity index (χ4v) is 3.16. The average Bonchev–Trinajstić information content (AvgIpc) is 2.56. The molecular weight excluding hydrogens is 342 g/mol. The Morgan fingerprint density at radius 1 is 1.25 bits per heavy atom. The first-order valence-corrected chi connectivity index (χ1v) is 9.41. The molecule has 24 heavy (non-hydrogen) atoms. The molecule has 0 heterocycles. The zero-order valence-electron chi connectivity index (χ0n) is 13.9. The van der Waals surface area contributed by atoms with E-state index in [4.69, 9.17) is 16.3 Å². The van der Waals surface area contributed by atoms with Gasteiger partial charge in [0, 0.05) is 23.1 Å². The van der Waals surface area contributed by atoms with Gasteiger partial charge in [-0.25, -0.2) is 0 Å². The lowest BCUT2D eigenvalue weighted by molar-refractivity contribution is -0.127. The molecule has 0 saturated heterocycles. The number of benzene rings is 2. The molecule has 0 saturated carbocycles. The van der Waals surface area contributed by atoms with Crippen LogP contribution in [0.5, 0.6) is 5.75 Å². The zero-order valence-corrected chi connectivity index (χ0v) is 15.5. The number of rotatable bonds is 8. The Labute approximate surface area is 152 Å². The molecule has 0 aromatic heterocycles. The molecule has 0 fully saturated rings. The van der Waals surface area contributed by atoms with E-state index in [1.165, 1.54) is 5.56 Å². The van der Waals surface area contributed by atoms with Gasteiger partial charge in [-0.3, -0.25) is 4.79 Å². The number of thioether (sulfide) groups is 1. The van der Waals surface area contributed by atoms with Crippen LogP contribution >= 0.6 is 23.4 Å². The van der Waals surface area contributed by atoms with Crippen molar-refractivity contribution in [2.24, 2.45) is 0 Å². The maximum absolute atomic E-state index is 12.1. The van der Waals surface area contributed by atoms with E-state index in [1.54, 1.807) is 18.7 Å². The van der Waals surface area contributed by atoms with Crippen molar-refractivity contribution in [1.29, 1.82) is 0 Å². The van der Waals surface area contributed by atoms with Gasteiger partial charge in [-0.15, -0.1) is 0 Å². The van der Waals surface area contributed by atoms with E-state index in [9.17, 15) is 4.79 Å². The number of ether oxygens (including phenoxy) is 1. The molecule has 5 heteroatoms. The first kappa shape index (κ1) is 18.7. The average molecular weight is 364 g/mol. The first-order chi connectivity index (χ1) is 11.6. The Kier molecular flexibility index (Phi) is 7.47. The summed E-state index contributed by atoms with van der Waals surface area (Å²) >= 11 is 7.72. The van der Waals surface area contributed by atoms with E-state index in [-0.39, 0.29) is 5.91 Å². The smallest absolute Gasteiger partial charge is 0.260 e. The first-order valence-electron chi connectivity index (χ1n) is 7.88. The normalized spacial score (nSPS) is 11.8. The third-order valence-electron chi connectivity index (χ3n) is 3.47. The SMILES string of the molecule is Cc1ccccc1O[C@@H](C)C(=O)NCCSCc1cccc(Cl)c1. The standard InChI is InChI=1S/C19H22ClNO2S/c1-14-6-3-4-9-18(14)23-15(2)19(22)21-10-11-24-13-16-7-5-8-17(20)12-16/h3-9,12,15H,10-11,13H2,1-2H3,(H,21,22)/t15-/m0/s1. The van der Waals surface area contributed by atoms with Gasteiger partial charge in [0.15, 0.2) is 6.10 Å². The number of nitrogens with one attached hydrogen (secondary N) is 1. The summed E-state index contributed by atoms with van der Waals surface area (Å²) in [5.41, 5.74) is 2.21. The highest BCUT2D eigenvalue weighted by Gasteiger charge is 2.14. The summed E-state index contributed by atoms with van der Waals surface area (Å²) in [6.07, 6.45) is -0.510. The second kappa shape index (κ2) is 9.60. The third kappa shape index (κ3) is 6.10. The highest BCUT2D eigenvalue weighted by Crippen LogP contribution is 2.18. The summed E-state index contributed by atoms with van der Waals surface area (Å²) in [4.78, 5) is 12.1. The van der Waals surface area contributed by atoms with Crippen LogP contribution in [0, 0.1) is 6.92 Å². The topological polar surface area (TPSA) is 38.3 Å². The van der Waals surface area contributed by atoms with Crippen molar-refractivity contribution in [1.82, 2.24) is 5.32 Å². The molecule has 0 spiro atoms. The molecule has 0 aliphatic rings. The molecule has 2 rings (SSSR count). The zero-order chi connectivity index (χ0) is 17.4. The minimum Gasteiger partial charge on any atom is -0.481 e. The molecule has 2 aromatic rings. The summed E-state index contributed by atoms with van der Waals surface area (Å²) < 4.78 is 5.71. The van der Waals surface area contributed by atoms with E-state index in [0.29, 0.717) is 6.54 Å². The number of hydrogen-bond acceptors (Lipinski definition) is 3. The fraction of sp³-hybridized carbons (Fsp3) is 0.316. The van der Waals surface area contributed by atoms with Crippen molar-refractivity contribution < 1.29 is 9.53 Å².